The van der Waals surface area contributed by atoms with Crippen molar-refractivity contribution in [2.45, 2.75) is 45.1 Å². The molecule has 1 amide bonds. The third-order valence-electron chi connectivity index (χ3n) is 5.28. The second-order valence-electron chi connectivity index (χ2n) is 7.43. The summed E-state index contributed by atoms with van der Waals surface area (Å²) >= 11 is 3.46. The third kappa shape index (κ3) is 5.95. The van der Waals surface area contributed by atoms with Crippen molar-refractivity contribution in [3.8, 4) is 6.07 Å². The van der Waals surface area contributed by atoms with Crippen molar-refractivity contribution in [2.75, 3.05) is 6.54 Å². The summed E-state index contributed by atoms with van der Waals surface area (Å²) in [5.41, 5.74) is 5.16. The SMILES string of the molecule is CC(NC(=O)/C(C#N)=C\NCCc1cccc(Br)c1)c1ccc2c(c1)CCCC2. The van der Waals surface area contributed by atoms with Crippen molar-refractivity contribution in [3.05, 3.63) is 81.0 Å². The number of amides is 1. The van der Waals surface area contributed by atoms with Gasteiger partial charge in [-0.1, -0.05) is 46.3 Å². The summed E-state index contributed by atoms with van der Waals surface area (Å²) in [5.74, 6) is -0.354. The van der Waals surface area contributed by atoms with Crippen LogP contribution in [0.4, 0.5) is 0 Å². The van der Waals surface area contributed by atoms with Gasteiger partial charge in [0.25, 0.3) is 5.91 Å². The summed E-state index contributed by atoms with van der Waals surface area (Å²) in [4.78, 5) is 12.5. The zero-order valence-electron chi connectivity index (χ0n) is 16.7. The molecule has 0 saturated carbocycles. The number of aryl methyl sites for hydroxylation is 2. The Hall–Kier alpha value is -2.58. The summed E-state index contributed by atoms with van der Waals surface area (Å²) < 4.78 is 1.04. The Balaban J connectivity index is 1.54. The quantitative estimate of drug-likeness (QED) is 0.362. The fraction of sp³-hybridized carbons (Fsp3) is 0.333. The zero-order valence-corrected chi connectivity index (χ0v) is 18.3. The van der Waals surface area contributed by atoms with E-state index in [1.54, 1.807) is 0 Å². The van der Waals surface area contributed by atoms with Gasteiger partial charge in [0.15, 0.2) is 0 Å². The minimum absolute atomic E-state index is 0.0871. The summed E-state index contributed by atoms with van der Waals surface area (Å²) in [6.45, 7) is 2.60. The average molecular weight is 452 g/mol. The van der Waals surface area contributed by atoms with Gasteiger partial charge in [0.2, 0.25) is 0 Å². The number of rotatable bonds is 7. The van der Waals surface area contributed by atoms with Crippen LogP contribution >= 0.6 is 15.9 Å². The first kappa shape index (κ1) is 21.1. The van der Waals surface area contributed by atoms with Crippen molar-refractivity contribution in [2.24, 2.45) is 0 Å². The molecule has 29 heavy (non-hydrogen) atoms. The van der Waals surface area contributed by atoms with Gasteiger partial charge in [-0.15, -0.1) is 0 Å². The number of benzene rings is 2. The molecular weight excluding hydrogens is 426 g/mol. The lowest BCUT2D eigenvalue weighted by Crippen LogP contribution is -2.29. The smallest absolute Gasteiger partial charge is 0.263 e. The van der Waals surface area contributed by atoms with Gasteiger partial charge in [-0.2, -0.15) is 5.26 Å². The van der Waals surface area contributed by atoms with Gasteiger partial charge < -0.3 is 10.6 Å². The van der Waals surface area contributed by atoms with E-state index < -0.39 is 0 Å². The van der Waals surface area contributed by atoms with E-state index in [1.807, 2.05) is 31.2 Å². The fourth-order valence-corrected chi connectivity index (χ4v) is 4.06. The minimum atomic E-state index is -0.354. The van der Waals surface area contributed by atoms with Crippen LogP contribution in [0.3, 0.4) is 0 Å². The number of carbonyl (C=O) groups is 1. The Morgan fingerprint density at radius 3 is 2.76 bits per heavy atom. The van der Waals surface area contributed by atoms with Crippen LogP contribution in [-0.2, 0) is 24.1 Å². The molecule has 2 N–H and O–H groups in total. The summed E-state index contributed by atoms with van der Waals surface area (Å²) in [5, 5.41) is 15.4. The fourth-order valence-electron chi connectivity index (χ4n) is 3.61. The molecule has 1 atom stereocenters. The maximum Gasteiger partial charge on any atom is 0.263 e. The molecule has 1 aliphatic carbocycles. The number of nitrogens with zero attached hydrogens (tertiary/aromatic N) is 1. The van der Waals surface area contributed by atoms with Gasteiger partial charge in [-0.25, -0.2) is 0 Å². The minimum Gasteiger partial charge on any atom is -0.389 e. The number of carbonyl (C=O) groups excluding carboxylic acids is 1. The molecular formula is C24H26BrN3O. The molecule has 0 bridgehead atoms. The molecule has 0 heterocycles. The molecule has 0 fully saturated rings. The first-order valence-corrected chi connectivity index (χ1v) is 10.9. The van der Waals surface area contributed by atoms with E-state index >= 15 is 0 Å². The Morgan fingerprint density at radius 2 is 2.00 bits per heavy atom. The largest absolute Gasteiger partial charge is 0.389 e. The molecule has 0 spiro atoms. The Morgan fingerprint density at radius 1 is 1.21 bits per heavy atom. The maximum absolute atomic E-state index is 12.5. The van der Waals surface area contributed by atoms with Gasteiger partial charge >= 0.3 is 0 Å². The first-order chi connectivity index (χ1) is 14.1. The maximum atomic E-state index is 12.5. The van der Waals surface area contributed by atoms with Gasteiger partial charge in [-0.05, 0) is 73.4 Å². The lowest BCUT2D eigenvalue weighted by Gasteiger charge is -2.20. The van der Waals surface area contributed by atoms with Crippen LogP contribution in [0, 0.1) is 11.3 Å². The van der Waals surface area contributed by atoms with Gasteiger partial charge in [0.1, 0.15) is 11.6 Å². The number of nitrogens with one attached hydrogen (secondary N) is 2. The van der Waals surface area contributed by atoms with Crippen LogP contribution in [-0.4, -0.2) is 12.5 Å². The lowest BCUT2D eigenvalue weighted by molar-refractivity contribution is -0.117. The first-order valence-electron chi connectivity index (χ1n) is 10.1. The highest BCUT2D eigenvalue weighted by Crippen LogP contribution is 2.24. The zero-order chi connectivity index (χ0) is 20.6. The predicted octanol–water partition coefficient (Wildman–Crippen LogP) is 4.74. The highest BCUT2D eigenvalue weighted by molar-refractivity contribution is 9.10. The standard InChI is InChI=1S/C24H26BrN3O/c1-17(20-10-9-19-6-2-3-7-21(19)14-20)28-24(29)22(15-26)16-27-12-11-18-5-4-8-23(25)13-18/h4-5,8-10,13-14,16-17,27H,2-3,6-7,11-12H2,1H3,(H,28,29)/b22-16-. The predicted molar refractivity (Wildman–Crippen MR) is 119 cm³/mol. The molecule has 1 aliphatic rings. The highest BCUT2D eigenvalue weighted by atomic mass is 79.9. The van der Waals surface area contributed by atoms with E-state index in [4.69, 9.17) is 0 Å². The molecule has 0 aliphatic heterocycles. The number of hydrogen-bond donors (Lipinski definition) is 2. The number of halogens is 1. The van der Waals surface area contributed by atoms with Crippen LogP contribution in [0.1, 0.15) is 48.1 Å². The number of nitriles is 1. The van der Waals surface area contributed by atoms with Crippen molar-refractivity contribution >= 4 is 21.8 Å². The van der Waals surface area contributed by atoms with E-state index in [1.165, 1.54) is 35.7 Å². The van der Waals surface area contributed by atoms with Crippen molar-refractivity contribution in [1.82, 2.24) is 10.6 Å². The average Bonchev–Trinajstić information content (AvgIpc) is 2.73. The molecule has 0 saturated heterocycles. The Bertz CT molecular complexity index is 945. The summed E-state index contributed by atoms with van der Waals surface area (Å²) in [7, 11) is 0. The van der Waals surface area contributed by atoms with Crippen molar-refractivity contribution < 1.29 is 4.79 Å². The van der Waals surface area contributed by atoms with Gasteiger partial charge in [0.05, 0.1) is 6.04 Å². The molecule has 3 rings (SSSR count). The number of hydrogen-bond acceptors (Lipinski definition) is 3. The van der Waals surface area contributed by atoms with Crippen molar-refractivity contribution in [1.29, 1.82) is 5.26 Å². The van der Waals surface area contributed by atoms with Crippen LogP contribution in [0.25, 0.3) is 0 Å². The lowest BCUT2D eigenvalue weighted by atomic mass is 9.89. The third-order valence-corrected chi connectivity index (χ3v) is 5.77. The molecule has 1 unspecified atom stereocenters. The molecule has 5 heteroatoms. The van der Waals surface area contributed by atoms with Gasteiger partial charge in [0, 0.05) is 17.2 Å². The Labute approximate surface area is 181 Å². The van der Waals surface area contributed by atoms with E-state index in [0.29, 0.717) is 6.54 Å². The monoisotopic (exact) mass is 451 g/mol. The number of fused-ring (bicyclic) bond motifs is 1. The molecule has 2 aromatic carbocycles. The van der Waals surface area contributed by atoms with Crippen LogP contribution < -0.4 is 10.6 Å². The molecule has 150 valence electrons. The van der Waals surface area contributed by atoms with E-state index in [-0.39, 0.29) is 17.5 Å². The summed E-state index contributed by atoms with van der Waals surface area (Å²) in [6.07, 6.45) is 7.04. The second kappa shape index (κ2) is 10.3. The van der Waals surface area contributed by atoms with E-state index in [2.05, 4.69) is 50.8 Å². The summed E-state index contributed by atoms with van der Waals surface area (Å²) in [6, 6.07) is 16.4. The Kier molecular flexibility index (Phi) is 7.48. The van der Waals surface area contributed by atoms with E-state index in [0.717, 1.165) is 29.3 Å². The van der Waals surface area contributed by atoms with Crippen LogP contribution in [0.2, 0.25) is 0 Å². The molecule has 0 radical (unpaired) electrons. The van der Waals surface area contributed by atoms with Crippen molar-refractivity contribution in [3.63, 3.8) is 0 Å². The molecule has 2 aromatic rings. The molecule has 4 nitrogen and oxygen atoms in total. The van der Waals surface area contributed by atoms with E-state index in [9.17, 15) is 10.1 Å². The van der Waals surface area contributed by atoms with Gasteiger partial charge in [-0.3, -0.25) is 4.79 Å². The highest BCUT2D eigenvalue weighted by Gasteiger charge is 2.16. The second-order valence-corrected chi connectivity index (χ2v) is 8.35. The normalized spacial score (nSPS) is 14.4. The van der Waals surface area contributed by atoms with Crippen LogP contribution in [0.15, 0.2) is 58.7 Å². The topological polar surface area (TPSA) is 64.9 Å². The molecule has 0 aromatic heterocycles. The van der Waals surface area contributed by atoms with Crippen LogP contribution in [0.5, 0.6) is 0 Å².